The largest absolute Gasteiger partial charge is 0.396 e. The molecule has 17 heavy (non-hydrogen) atoms. The number of hydrogen-bond donors (Lipinski definition) is 1. The van der Waals surface area contributed by atoms with Gasteiger partial charge in [-0.2, -0.15) is 0 Å². The molecule has 2 rings (SSSR count). The smallest absolute Gasteiger partial charge is 0.0603 e. The van der Waals surface area contributed by atoms with Gasteiger partial charge >= 0.3 is 0 Å². The van der Waals surface area contributed by atoms with Gasteiger partial charge in [0.1, 0.15) is 0 Å². The Morgan fingerprint density at radius 3 is 2.47 bits per heavy atom. The van der Waals surface area contributed by atoms with Crippen LogP contribution >= 0.6 is 0 Å². The Morgan fingerprint density at radius 2 is 1.94 bits per heavy atom. The molecule has 2 unspecified atom stereocenters. The van der Waals surface area contributed by atoms with Crippen LogP contribution in [0.15, 0.2) is 0 Å². The summed E-state index contributed by atoms with van der Waals surface area (Å²) >= 11 is 0. The SMILES string of the molecule is CC#CC1CCC(C2CCC(CO)CO2)CC1.[HH].[HH]. The summed E-state index contributed by atoms with van der Waals surface area (Å²) in [5, 5.41) is 9.09. The molecule has 0 bridgehead atoms. The Morgan fingerprint density at radius 1 is 1.18 bits per heavy atom. The van der Waals surface area contributed by atoms with Gasteiger partial charge in [-0.25, -0.2) is 0 Å². The monoisotopic (exact) mass is 240 g/mol. The Hall–Kier alpha value is -0.520. The minimum absolute atomic E-state index is 0. The molecule has 0 aromatic heterocycles. The van der Waals surface area contributed by atoms with Gasteiger partial charge in [-0.05, 0) is 51.4 Å². The Bertz CT molecular complexity index is 282. The van der Waals surface area contributed by atoms with E-state index in [2.05, 4.69) is 11.8 Å². The molecule has 1 aliphatic carbocycles. The van der Waals surface area contributed by atoms with Crippen molar-refractivity contribution >= 4 is 0 Å². The molecule has 0 aromatic rings. The highest BCUT2D eigenvalue weighted by Gasteiger charge is 2.30. The molecule has 0 amide bonds. The van der Waals surface area contributed by atoms with E-state index in [0.717, 1.165) is 25.4 Å². The molecule has 2 heteroatoms. The Kier molecular flexibility index (Phi) is 4.88. The van der Waals surface area contributed by atoms with Crippen molar-refractivity contribution in [1.29, 1.82) is 0 Å². The highest BCUT2D eigenvalue weighted by atomic mass is 16.5. The zero-order chi connectivity index (χ0) is 12.1. The molecule has 1 heterocycles. The lowest BCUT2D eigenvalue weighted by molar-refractivity contribution is -0.0659. The van der Waals surface area contributed by atoms with Crippen molar-refractivity contribution in [2.75, 3.05) is 13.2 Å². The maximum absolute atomic E-state index is 9.09. The summed E-state index contributed by atoms with van der Waals surface area (Å²) in [6, 6.07) is 0. The van der Waals surface area contributed by atoms with E-state index in [1.165, 1.54) is 25.7 Å². The van der Waals surface area contributed by atoms with Gasteiger partial charge in [0.05, 0.1) is 12.7 Å². The standard InChI is InChI=1S/C15H24O2.2H2/c1-2-3-12-4-7-14(8-5-12)15-9-6-13(10-16)11-17-15;;/h12-16H,4-11H2,1H3;2*1H. The predicted molar refractivity (Wildman–Crippen MR) is 72.7 cm³/mol. The number of rotatable bonds is 2. The fraction of sp³-hybridized carbons (Fsp3) is 0.867. The van der Waals surface area contributed by atoms with Crippen LogP contribution in [0.4, 0.5) is 0 Å². The summed E-state index contributed by atoms with van der Waals surface area (Å²) in [5.41, 5.74) is 0. The summed E-state index contributed by atoms with van der Waals surface area (Å²) in [6.07, 6.45) is 7.76. The quantitative estimate of drug-likeness (QED) is 0.752. The average molecular weight is 240 g/mol. The van der Waals surface area contributed by atoms with Crippen LogP contribution in [0.3, 0.4) is 0 Å². The van der Waals surface area contributed by atoms with Crippen LogP contribution in [0, 0.1) is 29.6 Å². The lowest BCUT2D eigenvalue weighted by Crippen LogP contribution is -2.35. The van der Waals surface area contributed by atoms with Gasteiger partial charge < -0.3 is 9.84 Å². The van der Waals surface area contributed by atoms with Crippen LogP contribution in [0.2, 0.25) is 0 Å². The molecule has 1 saturated carbocycles. The molecule has 1 N–H and O–H groups in total. The number of hydrogen-bond acceptors (Lipinski definition) is 2. The zero-order valence-electron chi connectivity index (χ0n) is 10.8. The maximum atomic E-state index is 9.09. The van der Waals surface area contributed by atoms with Crippen LogP contribution < -0.4 is 0 Å². The van der Waals surface area contributed by atoms with Crippen LogP contribution in [0.5, 0.6) is 0 Å². The molecule has 2 nitrogen and oxygen atoms in total. The Balaban J connectivity index is 0.00000162. The van der Waals surface area contributed by atoms with Crippen molar-refractivity contribution in [2.45, 2.75) is 51.6 Å². The summed E-state index contributed by atoms with van der Waals surface area (Å²) in [6.45, 7) is 2.98. The van der Waals surface area contributed by atoms with Crippen LogP contribution in [0.25, 0.3) is 0 Å². The van der Waals surface area contributed by atoms with Crippen LogP contribution in [0.1, 0.15) is 48.3 Å². The topological polar surface area (TPSA) is 29.5 Å². The van der Waals surface area contributed by atoms with Gasteiger partial charge in [0.2, 0.25) is 0 Å². The van der Waals surface area contributed by atoms with Gasteiger partial charge in [-0.15, -0.1) is 11.8 Å². The van der Waals surface area contributed by atoms with Crippen LogP contribution in [-0.4, -0.2) is 24.4 Å². The van der Waals surface area contributed by atoms with E-state index >= 15 is 0 Å². The van der Waals surface area contributed by atoms with E-state index in [1.807, 2.05) is 6.92 Å². The molecule has 0 radical (unpaired) electrons. The third-order valence-corrected chi connectivity index (χ3v) is 4.31. The first-order chi connectivity index (χ1) is 8.33. The van der Waals surface area contributed by atoms with E-state index in [1.54, 1.807) is 0 Å². The normalized spacial score (nSPS) is 38.2. The average Bonchev–Trinajstić information content (AvgIpc) is 2.40. The molecular formula is C15H28O2. The molecule has 2 atom stereocenters. The van der Waals surface area contributed by atoms with Crippen LogP contribution in [-0.2, 0) is 4.74 Å². The summed E-state index contributed by atoms with van der Waals surface area (Å²) < 4.78 is 5.92. The first-order valence-electron chi connectivity index (χ1n) is 6.98. The Labute approximate surface area is 108 Å². The van der Waals surface area contributed by atoms with E-state index in [-0.39, 0.29) is 9.46 Å². The number of aliphatic hydroxyl groups is 1. The van der Waals surface area contributed by atoms with E-state index in [9.17, 15) is 0 Å². The fourth-order valence-electron chi connectivity index (χ4n) is 3.18. The molecule has 1 aliphatic heterocycles. The predicted octanol–water partition coefficient (Wildman–Crippen LogP) is 3.10. The lowest BCUT2D eigenvalue weighted by atomic mass is 9.77. The minimum atomic E-state index is 0. The molecule has 2 fully saturated rings. The van der Waals surface area contributed by atoms with Crippen molar-refractivity contribution in [1.82, 2.24) is 0 Å². The first kappa shape index (κ1) is 12.9. The van der Waals surface area contributed by atoms with Crippen molar-refractivity contribution in [2.24, 2.45) is 17.8 Å². The molecule has 0 aromatic carbocycles. The molecular weight excluding hydrogens is 212 g/mol. The molecule has 0 spiro atoms. The second kappa shape index (κ2) is 6.42. The summed E-state index contributed by atoms with van der Waals surface area (Å²) in [5.74, 6) is 8.09. The van der Waals surface area contributed by atoms with E-state index < -0.39 is 0 Å². The van der Waals surface area contributed by atoms with E-state index in [4.69, 9.17) is 9.84 Å². The minimum Gasteiger partial charge on any atom is -0.396 e. The second-order valence-electron chi connectivity index (χ2n) is 5.50. The highest BCUT2D eigenvalue weighted by Crippen LogP contribution is 2.35. The van der Waals surface area contributed by atoms with E-state index in [0.29, 0.717) is 17.9 Å². The number of aliphatic hydroxyl groups excluding tert-OH is 1. The summed E-state index contributed by atoms with van der Waals surface area (Å²) in [7, 11) is 0. The van der Waals surface area contributed by atoms with Crippen molar-refractivity contribution in [3.05, 3.63) is 0 Å². The maximum Gasteiger partial charge on any atom is 0.0603 e. The van der Waals surface area contributed by atoms with Gasteiger partial charge in [0.25, 0.3) is 0 Å². The third kappa shape index (κ3) is 3.47. The summed E-state index contributed by atoms with van der Waals surface area (Å²) in [4.78, 5) is 0. The number of ether oxygens (including phenoxy) is 1. The van der Waals surface area contributed by atoms with Gasteiger partial charge in [-0.3, -0.25) is 0 Å². The highest BCUT2D eigenvalue weighted by molar-refractivity contribution is 5.02. The van der Waals surface area contributed by atoms with Crippen molar-refractivity contribution < 1.29 is 12.7 Å². The first-order valence-corrected chi connectivity index (χ1v) is 6.98. The van der Waals surface area contributed by atoms with Gasteiger partial charge in [0, 0.05) is 21.3 Å². The van der Waals surface area contributed by atoms with Crippen molar-refractivity contribution in [3.8, 4) is 11.8 Å². The molecule has 100 valence electrons. The van der Waals surface area contributed by atoms with Crippen molar-refractivity contribution in [3.63, 3.8) is 0 Å². The van der Waals surface area contributed by atoms with Gasteiger partial charge in [0.15, 0.2) is 0 Å². The van der Waals surface area contributed by atoms with Gasteiger partial charge in [-0.1, -0.05) is 0 Å². The molecule has 2 aliphatic rings. The second-order valence-corrected chi connectivity index (χ2v) is 5.50. The lowest BCUT2D eigenvalue weighted by Gasteiger charge is -2.36. The molecule has 1 saturated heterocycles. The zero-order valence-corrected chi connectivity index (χ0v) is 10.8. The third-order valence-electron chi connectivity index (χ3n) is 4.31. The fourth-order valence-corrected chi connectivity index (χ4v) is 3.18.